The van der Waals surface area contributed by atoms with E-state index in [0.29, 0.717) is 10.8 Å². The number of anilines is 1. The molecule has 0 fully saturated rings. The number of aromatic amines is 1. The molecule has 5 nitrogen and oxygen atoms in total. The Bertz CT molecular complexity index is 687. The summed E-state index contributed by atoms with van der Waals surface area (Å²) in [5, 5.41) is 2.86. The number of nitrogens with one attached hydrogen (secondary N) is 2. The lowest BCUT2D eigenvalue weighted by molar-refractivity contribution is 0.103. The number of H-pyrrole nitrogens is 1. The number of nitrogens with zero attached hydrogens (tertiary/aromatic N) is 2. The number of hydrogen-bond donors (Lipinski definition) is 2. The number of para-hydroxylation sites is 2. The number of fused-ring (bicyclic) bond motifs is 1. The zero-order valence-electron chi connectivity index (χ0n) is 8.98. The van der Waals surface area contributed by atoms with E-state index in [4.69, 9.17) is 11.6 Å². The molecule has 1 aromatic carbocycles. The van der Waals surface area contributed by atoms with Crippen LogP contribution in [0, 0.1) is 0 Å². The highest BCUT2D eigenvalue weighted by molar-refractivity contribution is 7.12. The summed E-state index contributed by atoms with van der Waals surface area (Å²) in [4.78, 5) is 23.3. The van der Waals surface area contributed by atoms with Gasteiger partial charge < -0.3 is 4.98 Å². The monoisotopic (exact) mass is 278 g/mol. The molecular formula is C11H7ClN4OS. The average Bonchev–Trinajstić information content (AvgIpc) is 2.94. The molecule has 0 radical (unpaired) electrons. The van der Waals surface area contributed by atoms with Gasteiger partial charge in [0.15, 0.2) is 5.15 Å². The van der Waals surface area contributed by atoms with Crippen LogP contribution in [0.15, 0.2) is 29.8 Å². The lowest BCUT2D eigenvalue weighted by Crippen LogP contribution is -2.11. The molecule has 2 heterocycles. The van der Waals surface area contributed by atoms with Crippen LogP contribution < -0.4 is 5.32 Å². The first-order chi connectivity index (χ1) is 8.74. The summed E-state index contributed by atoms with van der Waals surface area (Å²) in [5.74, 6) is 0.0761. The zero-order valence-corrected chi connectivity index (χ0v) is 10.5. The second-order valence-electron chi connectivity index (χ2n) is 3.53. The van der Waals surface area contributed by atoms with Crippen molar-refractivity contribution in [1.82, 2.24) is 15.0 Å². The lowest BCUT2D eigenvalue weighted by Gasteiger charge is -1.98. The Hall–Kier alpha value is -1.92. The van der Waals surface area contributed by atoms with E-state index >= 15 is 0 Å². The molecule has 3 aromatic rings. The van der Waals surface area contributed by atoms with Gasteiger partial charge in [-0.15, -0.1) is 11.3 Å². The lowest BCUT2D eigenvalue weighted by atomic mass is 10.3. The van der Waals surface area contributed by atoms with Crippen LogP contribution in [0.2, 0.25) is 5.15 Å². The van der Waals surface area contributed by atoms with Gasteiger partial charge in [0.25, 0.3) is 5.91 Å². The molecule has 3 rings (SSSR count). The second-order valence-corrected chi connectivity index (χ2v) is 4.74. The molecule has 18 heavy (non-hydrogen) atoms. The Morgan fingerprint density at radius 3 is 2.94 bits per heavy atom. The summed E-state index contributed by atoms with van der Waals surface area (Å²) in [7, 11) is 0. The minimum Gasteiger partial charge on any atom is -0.324 e. The van der Waals surface area contributed by atoms with Gasteiger partial charge >= 0.3 is 0 Å². The average molecular weight is 279 g/mol. The van der Waals surface area contributed by atoms with Crippen LogP contribution in [-0.4, -0.2) is 20.9 Å². The topological polar surface area (TPSA) is 70.7 Å². The molecule has 0 saturated heterocycles. The van der Waals surface area contributed by atoms with Crippen LogP contribution in [0.5, 0.6) is 0 Å². The summed E-state index contributed by atoms with van der Waals surface area (Å²) in [5.41, 5.74) is 3.18. The number of benzene rings is 1. The van der Waals surface area contributed by atoms with E-state index < -0.39 is 0 Å². The SMILES string of the molecule is O=C(Nc1nc2ccccc2[nH]1)c1scnc1Cl. The Labute approximate surface area is 111 Å². The van der Waals surface area contributed by atoms with Crippen molar-refractivity contribution in [2.24, 2.45) is 0 Å². The van der Waals surface area contributed by atoms with E-state index in [1.807, 2.05) is 24.3 Å². The van der Waals surface area contributed by atoms with Crippen molar-refractivity contribution < 1.29 is 4.79 Å². The number of carbonyl (C=O) groups excluding carboxylic acids is 1. The maximum Gasteiger partial charge on any atom is 0.271 e. The minimum absolute atomic E-state index is 0.202. The molecular weight excluding hydrogens is 272 g/mol. The number of imidazole rings is 1. The first kappa shape index (κ1) is 11.2. The number of halogens is 1. The Kier molecular flexibility index (Phi) is 2.73. The Balaban J connectivity index is 1.88. The summed E-state index contributed by atoms with van der Waals surface area (Å²) in [6, 6.07) is 7.53. The number of thiazole rings is 1. The highest BCUT2D eigenvalue weighted by atomic mass is 35.5. The number of amides is 1. The molecule has 0 saturated carbocycles. The van der Waals surface area contributed by atoms with Crippen molar-refractivity contribution >= 4 is 45.8 Å². The molecule has 90 valence electrons. The number of rotatable bonds is 2. The molecule has 0 unspecified atom stereocenters. The van der Waals surface area contributed by atoms with Crippen LogP contribution >= 0.6 is 22.9 Å². The predicted octanol–water partition coefficient (Wildman–Crippen LogP) is 2.93. The molecule has 7 heteroatoms. The van der Waals surface area contributed by atoms with Gasteiger partial charge in [-0.1, -0.05) is 23.7 Å². The first-order valence-corrected chi connectivity index (χ1v) is 6.35. The van der Waals surface area contributed by atoms with E-state index in [1.54, 1.807) is 0 Å². The zero-order chi connectivity index (χ0) is 12.5. The van der Waals surface area contributed by atoms with Gasteiger partial charge in [-0.05, 0) is 12.1 Å². The largest absolute Gasteiger partial charge is 0.324 e. The molecule has 0 bridgehead atoms. The summed E-state index contributed by atoms with van der Waals surface area (Å²) >= 11 is 6.97. The van der Waals surface area contributed by atoms with E-state index in [1.165, 1.54) is 16.8 Å². The number of hydrogen-bond acceptors (Lipinski definition) is 4. The van der Waals surface area contributed by atoms with E-state index in [9.17, 15) is 4.79 Å². The predicted molar refractivity (Wildman–Crippen MR) is 71.2 cm³/mol. The first-order valence-electron chi connectivity index (χ1n) is 5.09. The van der Waals surface area contributed by atoms with Crippen LogP contribution in [0.1, 0.15) is 9.67 Å². The minimum atomic E-state index is -0.318. The van der Waals surface area contributed by atoms with Crippen LogP contribution in [0.4, 0.5) is 5.95 Å². The fourth-order valence-electron chi connectivity index (χ4n) is 1.56. The fraction of sp³-hybridized carbons (Fsp3) is 0. The van der Waals surface area contributed by atoms with Gasteiger partial charge in [-0.25, -0.2) is 9.97 Å². The second kappa shape index (κ2) is 4.40. The van der Waals surface area contributed by atoms with Crippen molar-refractivity contribution in [3.63, 3.8) is 0 Å². The standard InChI is InChI=1S/C11H7ClN4OS/c12-9-8(18-5-13-9)10(17)16-11-14-6-3-1-2-4-7(6)15-11/h1-5H,(H2,14,15,16,17). The van der Waals surface area contributed by atoms with Crippen LogP contribution in [0.3, 0.4) is 0 Å². The normalized spacial score (nSPS) is 10.7. The molecule has 0 aliphatic rings. The Morgan fingerprint density at radius 2 is 2.22 bits per heavy atom. The van der Waals surface area contributed by atoms with Crippen molar-refractivity contribution in [3.8, 4) is 0 Å². The number of aromatic nitrogens is 3. The summed E-state index contributed by atoms with van der Waals surface area (Å²) < 4.78 is 0. The fourth-order valence-corrected chi connectivity index (χ4v) is 2.45. The third-order valence-corrected chi connectivity index (χ3v) is 3.58. The van der Waals surface area contributed by atoms with Crippen molar-refractivity contribution in [2.75, 3.05) is 5.32 Å². The molecule has 0 spiro atoms. The molecule has 2 N–H and O–H groups in total. The van der Waals surface area contributed by atoms with Crippen LogP contribution in [-0.2, 0) is 0 Å². The van der Waals surface area contributed by atoms with Gasteiger partial charge in [0.1, 0.15) is 4.88 Å². The van der Waals surface area contributed by atoms with Gasteiger partial charge in [0.2, 0.25) is 5.95 Å². The van der Waals surface area contributed by atoms with Crippen molar-refractivity contribution in [3.05, 3.63) is 39.8 Å². The van der Waals surface area contributed by atoms with Gasteiger partial charge in [-0.3, -0.25) is 10.1 Å². The van der Waals surface area contributed by atoms with Crippen LogP contribution in [0.25, 0.3) is 11.0 Å². The quantitative estimate of drug-likeness (QED) is 0.757. The van der Waals surface area contributed by atoms with Gasteiger partial charge in [0, 0.05) is 0 Å². The van der Waals surface area contributed by atoms with E-state index in [0.717, 1.165) is 11.0 Å². The molecule has 0 aliphatic carbocycles. The van der Waals surface area contributed by atoms with E-state index in [-0.39, 0.29) is 11.1 Å². The molecule has 0 atom stereocenters. The van der Waals surface area contributed by atoms with Crippen molar-refractivity contribution in [2.45, 2.75) is 0 Å². The van der Waals surface area contributed by atoms with Gasteiger partial charge in [0.05, 0.1) is 16.5 Å². The maximum atomic E-state index is 11.9. The third-order valence-electron chi connectivity index (χ3n) is 2.35. The maximum absolute atomic E-state index is 11.9. The number of carbonyl (C=O) groups is 1. The summed E-state index contributed by atoms with van der Waals surface area (Å²) in [6.07, 6.45) is 0. The highest BCUT2D eigenvalue weighted by Crippen LogP contribution is 2.20. The smallest absolute Gasteiger partial charge is 0.271 e. The highest BCUT2D eigenvalue weighted by Gasteiger charge is 2.14. The Morgan fingerprint density at radius 1 is 1.39 bits per heavy atom. The molecule has 1 amide bonds. The molecule has 0 aliphatic heterocycles. The van der Waals surface area contributed by atoms with Gasteiger partial charge in [-0.2, -0.15) is 0 Å². The van der Waals surface area contributed by atoms with Crippen molar-refractivity contribution in [1.29, 1.82) is 0 Å². The van der Waals surface area contributed by atoms with E-state index in [2.05, 4.69) is 20.3 Å². The summed E-state index contributed by atoms with van der Waals surface area (Å²) in [6.45, 7) is 0. The third kappa shape index (κ3) is 1.96. The molecule has 2 aromatic heterocycles.